The minimum atomic E-state index is -5.16. The quantitative estimate of drug-likeness (QED) is 0.480. The highest BCUT2D eigenvalue weighted by Gasteiger charge is 2.35. The Morgan fingerprint density at radius 3 is 2.44 bits per heavy atom. The third-order valence-corrected chi connectivity index (χ3v) is 2.50. The number of alkyl halides is 6. The first-order chi connectivity index (χ1) is 8.30. The van der Waals surface area contributed by atoms with Gasteiger partial charge in [0.2, 0.25) is 5.88 Å². The van der Waals surface area contributed by atoms with Gasteiger partial charge in [0.15, 0.2) is 6.29 Å². The van der Waals surface area contributed by atoms with Crippen LogP contribution in [0.3, 0.4) is 0 Å². The summed E-state index contributed by atoms with van der Waals surface area (Å²) in [4.78, 5) is 13.9. The predicted octanol–water partition coefficient (Wildman–Crippen LogP) is 3.63. The van der Waals surface area contributed by atoms with E-state index in [0.717, 1.165) is 6.20 Å². The number of hydrogen-bond donors (Lipinski definition) is 0. The van der Waals surface area contributed by atoms with Crippen LogP contribution in [-0.4, -0.2) is 17.6 Å². The predicted molar refractivity (Wildman–Crippen MR) is 53.9 cm³/mol. The maximum atomic E-state index is 12.7. The summed E-state index contributed by atoms with van der Waals surface area (Å²) in [6, 6.07) is 0. The highest BCUT2D eigenvalue weighted by molar-refractivity contribution is 9.08. The molecule has 0 aromatic carbocycles. The molecule has 0 radical (unpaired) electrons. The molecule has 1 aromatic rings. The molecular weight excluding hydrogens is 329 g/mol. The van der Waals surface area contributed by atoms with Crippen molar-refractivity contribution in [2.24, 2.45) is 0 Å². The first-order valence-electron chi connectivity index (χ1n) is 4.37. The Hall–Kier alpha value is -1.25. The Kier molecular flexibility index (Phi) is 4.60. The Bertz CT molecular complexity index is 449. The highest BCUT2D eigenvalue weighted by Crippen LogP contribution is 2.34. The summed E-state index contributed by atoms with van der Waals surface area (Å²) < 4.78 is 64.8. The molecule has 0 bridgehead atoms. The summed E-state index contributed by atoms with van der Waals surface area (Å²) in [6.45, 7) is 0. The molecule has 9 heteroatoms. The van der Waals surface area contributed by atoms with Gasteiger partial charge < -0.3 is 4.74 Å². The van der Waals surface area contributed by atoms with Crippen molar-refractivity contribution in [3.05, 3.63) is 22.9 Å². The zero-order valence-corrected chi connectivity index (χ0v) is 10.1. The van der Waals surface area contributed by atoms with Crippen molar-refractivity contribution in [3.63, 3.8) is 0 Å². The number of nitrogens with zero attached hydrogens (tertiary/aromatic N) is 1. The SMILES string of the molecule is O=Cc1c(CBr)cnc(OC(F)(F)F)c1C(F)F. The van der Waals surface area contributed by atoms with Crippen LogP contribution in [0.5, 0.6) is 5.88 Å². The van der Waals surface area contributed by atoms with E-state index in [1.54, 1.807) is 0 Å². The number of hydrogen-bond acceptors (Lipinski definition) is 3. The number of carbonyl (C=O) groups excluding carboxylic acids is 1. The van der Waals surface area contributed by atoms with Crippen molar-refractivity contribution in [2.45, 2.75) is 18.1 Å². The topological polar surface area (TPSA) is 39.2 Å². The van der Waals surface area contributed by atoms with Crippen molar-refractivity contribution in [2.75, 3.05) is 0 Å². The number of halogens is 6. The van der Waals surface area contributed by atoms with Gasteiger partial charge in [-0.2, -0.15) is 0 Å². The molecule has 0 unspecified atom stereocenters. The van der Waals surface area contributed by atoms with Crippen LogP contribution in [0.2, 0.25) is 0 Å². The van der Waals surface area contributed by atoms with Gasteiger partial charge in [0, 0.05) is 17.1 Å². The molecule has 0 saturated heterocycles. The van der Waals surface area contributed by atoms with Crippen molar-refractivity contribution < 1.29 is 31.5 Å². The fourth-order valence-electron chi connectivity index (χ4n) is 1.21. The van der Waals surface area contributed by atoms with E-state index in [0.29, 0.717) is 0 Å². The molecule has 3 nitrogen and oxygen atoms in total. The molecule has 0 aliphatic heterocycles. The largest absolute Gasteiger partial charge is 0.574 e. The highest BCUT2D eigenvalue weighted by atomic mass is 79.9. The maximum Gasteiger partial charge on any atom is 0.574 e. The molecule has 0 atom stereocenters. The minimum Gasteiger partial charge on any atom is -0.387 e. The van der Waals surface area contributed by atoms with Crippen LogP contribution in [0.15, 0.2) is 6.20 Å². The van der Waals surface area contributed by atoms with Gasteiger partial charge >= 0.3 is 6.36 Å². The summed E-state index contributed by atoms with van der Waals surface area (Å²) in [5.41, 5.74) is -1.68. The van der Waals surface area contributed by atoms with Crippen LogP contribution < -0.4 is 4.74 Å². The molecule has 0 aliphatic carbocycles. The molecule has 1 heterocycles. The Morgan fingerprint density at radius 2 is 2.06 bits per heavy atom. The zero-order chi connectivity index (χ0) is 13.9. The Labute approximate surface area is 106 Å². The second kappa shape index (κ2) is 5.59. The summed E-state index contributed by atoms with van der Waals surface area (Å²) in [7, 11) is 0. The van der Waals surface area contributed by atoms with Crippen LogP contribution in [0, 0.1) is 0 Å². The third kappa shape index (κ3) is 3.37. The molecule has 0 fully saturated rings. The first kappa shape index (κ1) is 14.8. The molecule has 0 aliphatic rings. The fraction of sp³-hybridized carbons (Fsp3) is 0.333. The molecular formula is C9H5BrF5NO2. The lowest BCUT2D eigenvalue weighted by molar-refractivity contribution is -0.276. The van der Waals surface area contributed by atoms with E-state index in [2.05, 4.69) is 25.7 Å². The summed E-state index contributed by atoms with van der Waals surface area (Å²) in [5, 5.41) is 0.0000905. The number of carbonyl (C=O) groups is 1. The molecule has 18 heavy (non-hydrogen) atoms. The average Bonchev–Trinajstić information content (AvgIpc) is 2.25. The third-order valence-electron chi connectivity index (χ3n) is 1.90. The van der Waals surface area contributed by atoms with Crippen molar-refractivity contribution in [1.82, 2.24) is 4.98 Å². The van der Waals surface area contributed by atoms with Gasteiger partial charge in [0.1, 0.15) is 0 Å². The zero-order valence-electron chi connectivity index (χ0n) is 8.47. The molecule has 1 rings (SSSR count). The van der Waals surface area contributed by atoms with Gasteiger partial charge in [-0.3, -0.25) is 4.79 Å². The lowest BCUT2D eigenvalue weighted by Crippen LogP contribution is -2.20. The van der Waals surface area contributed by atoms with Crippen molar-refractivity contribution in [1.29, 1.82) is 0 Å². The monoisotopic (exact) mass is 333 g/mol. The lowest BCUT2D eigenvalue weighted by atomic mass is 10.1. The molecule has 0 spiro atoms. The number of aromatic nitrogens is 1. The minimum absolute atomic E-state index is 0.0000905. The van der Waals surface area contributed by atoms with E-state index in [1.165, 1.54) is 0 Å². The van der Waals surface area contributed by atoms with E-state index < -0.39 is 29.8 Å². The molecule has 0 amide bonds. The van der Waals surface area contributed by atoms with Gasteiger partial charge in [-0.05, 0) is 5.56 Å². The van der Waals surface area contributed by atoms with Crippen LogP contribution in [-0.2, 0) is 5.33 Å². The summed E-state index contributed by atoms with van der Waals surface area (Å²) >= 11 is 2.91. The Balaban J connectivity index is 3.39. The van der Waals surface area contributed by atoms with E-state index in [-0.39, 0.29) is 17.2 Å². The normalized spacial score (nSPS) is 11.7. The van der Waals surface area contributed by atoms with E-state index in [1.807, 2.05) is 0 Å². The summed E-state index contributed by atoms with van der Waals surface area (Å²) in [6.07, 6.45) is -7.56. The van der Waals surface area contributed by atoms with E-state index in [9.17, 15) is 26.7 Å². The number of pyridine rings is 1. The number of ether oxygens (including phenoxy) is 1. The molecule has 0 saturated carbocycles. The van der Waals surface area contributed by atoms with Gasteiger partial charge in [-0.25, -0.2) is 13.8 Å². The number of aldehydes is 1. The lowest BCUT2D eigenvalue weighted by Gasteiger charge is -2.14. The van der Waals surface area contributed by atoms with E-state index >= 15 is 0 Å². The second-order valence-corrected chi connectivity index (χ2v) is 3.58. The van der Waals surface area contributed by atoms with Crippen LogP contribution in [0.1, 0.15) is 27.9 Å². The first-order valence-corrected chi connectivity index (χ1v) is 5.49. The van der Waals surface area contributed by atoms with Gasteiger partial charge in [0.05, 0.1) is 5.56 Å². The summed E-state index contributed by atoms with van der Waals surface area (Å²) in [5.74, 6) is -1.32. The number of rotatable bonds is 4. The van der Waals surface area contributed by atoms with Gasteiger partial charge in [-0.1, -0.05) is 15.9 Å². The van der Waals surface area contributed by atoms with Crippen molar-refractivity contribution in [3.8, 4) is 5.88 Å². The molecule has 100 valence electrons. The van der Waals surface area contributed by atoms with Crippen molar-refractivity contribution >= 4 is 22.2 Å². The molecule has 1 aromatic heterocycles. The van der Waals surface area contributed by atoms with Gasteiger partial charge in [-0.15, -0.1) is 13.2 Å². The standard InChI is InChI=1S/C9H5BrF5NO2/c10-1-4-2-16-8(18-9(13,14)15)6(7(11)12)5(4)3-17/h2-3,7H,1H2. The van der Waals surface area contributed by atoms with E-state index in [4.69, 9.17) is 0 Å². The molecule has 0 N–H and O–H groups in total. The smallest absolute Gasteiger partial charge is 0.387 e. The Morgan fingerprint density at radius 1 is 1.44 bits per heavy atom. The van der Waals surface area contributed by atoms with Crippen LogP contribution in [0.25, 0.3) is 0 Å². The van der Waals surface area contributed by atoms with Crippen LogP contribution >= 0.6 is 15.9 Å². The second-order valence-electron chi connectivity index (χ2n) is 3.02. The fourth-order valence-corrected chi connectivity index (χ4v) is 1.66. The van der Waals surface area contributed by atoms with Crippen LogP contribution in [0.4, 0.5) is 22.0 Å². The maximum absolute atomic E-state index is 12.7. The van der Waals surface area contributed by atoms with Gasteiger partial charge in [0.25, 0.3) is 6.43 Å². The average molecular weight is 334 g/mol.